The van der Waals surface area contributed by atoms with Gasteiger partial charge in [0.05, 0.1) is 5.56 Å². The van der Waals surface area contributed by atoms with E-state index in [0.29, 0.717) is 54.8 Å². The molecule has 6 nitrogen and oxygen atoms in total. The van der Waals surface area contributed by atoms with Gasteiger partial charge < -0.3 is 14.5 Å². The van der Waals surface area contributed by atoms with Crippen molar-refractivity contribution in [3.05, 3.63) is 70.4 Å². The van der Waals surface area contributed by atoms with Gasteiger partial charge in [-0.25, -0.2) is 9.97 Å². The molecule has 0 unspecified atom stereocenters. The number of benzene rings is 2. The van der Waals surface area contributed by atoms with Gasteiger partial charge in [0.15, 0.2) is 12.4 Å². The van der Waals surface area contributed by atoms with Crippen LogP contribution in [0.15, 0.2) is 48.5 Å². The molecule has 1 aliphatic rings. The predicted molar refractivity (Wildman–Crippen MR) is 132 cm³/mol. The molecule has 1 saturated heterocycles. The largest absolute Gasteiger partial charge is 0.484 e. The molecule has 4 rings (SSSR count). The number of anilines is 1. The Labute approximate surface area is 212 Å². The first-order valence-electron chi connectivity index (χ1n) is 11.6. The molecule has 3 aromatic rings. The minimum atomic E-state index is -4.40. The van der Waals surface area contributed by atoms with E-state index < -0.39 is 11.7 Å². The summed E-state index contributed by atoms with van der Waals surface area (Å²) in [6, 6.07) is 11.7. The highest BCUT2D eigenvalue weighted by atomic mass is 35.5. The average Bonchev–Trinajstić information content (AvgIpc) is 2.87. The number of carbonyl (C=O) groups excluding carboxylic acids is 1. The van der Waals surface area contributed by atoms with Gasteiger partial charge in [-0.3, -0.25) is 4.79 Å². The summed E-state index contributed by atoms with van der Waals surface area (Å²) in [5.74, 6) is 1.60. The number of nitrogens with zero attached hydrogens (tertiary/aromatic N) is 4. The molecule has 36 heavy (non-hydrogen) atoms. The lowest BCUT2D eigenvalue weighted by Crippen LogP contribution is -2.50. The zero-order chi connectivity index (χ0) is 25.9. The van der Waals surface area contributed by atoms with Crippen molar-refractivity contribution in [2.75, 3.05) is 37.7 Å². The maximum Gasteiger partial charge on any atom is 0.416 e. The second kappa shape index (κ2) is 10.7. The Kier molecular flexibility index (Phi) is 7.68. The lowest BCUT2D eigenvalue weighted by Gasteiger charge is -2.36. The quantitative estimate of drug-likeness (QED) is 0.436. The molecule has 0 N–H and O–H groups in total. The molecule has 10 heteroatoms. The summed E-state index contributed by atoms with van der Waals surface area (Å²) >= 11 is 5.87. The van der Waals surface area contributed by atoms with Gasteiger partial charge in [-0.15, -0.1) is 0 Å². The molecule has 0 spiro atoms. The smallest absolute Gasteiger partial charge is 0.416 e. The van der Waals surface area contributed by atoms with Crippen LogP contribution in [0.3, 0.4) is 0 Å². The van der Waals surface area contributed by atoms with Crippen molar-refractivity contribution in [3.63, 3.8) is 0 Å². The van der Waals surface area contributed by atoms with Gasteiger partial charge in [0.25, 0.3) is 5.91 Å². The molecule has 0 bridgehead atoms. The molecule has 1 amide bonds. The third-order valence-electron chi connectivity index (χ3n) is 6.12. The number of alkyl halides is 3. The lowest BCUT2D eigenvalue weighted by molar-refractivity contribution is -0.137. The van der Waals surface area contributed by atoms with Crippen molar-refractivity contribution < 1.29 is 22.7 Å². The fourth-order valence-electron chi connectivity index (χ4n) is 4.13. The van der Waals surface area contributed by atoms with Crippen LogP contribution in [0.1, 0.15) is 23.7 Å². The Morgan fingerprint density at radius 2 is 1.64 bits per heavy atom. The predicted octanol–water partition coefficient (Wildman–Crippen LogP) is 5.41. The summed E-state index contributed by atoms with van der Waals surface area (Å²) < 4.78 is 44.4. The molecular formula is C26H26ClF3N4O2. The van der Waals surface area contributed by atoms with E-state index in [1.165, 1.54) is 12.1 Å². The zero-order valence-electron chi connectivity index (χ0n) is 20.0. The number of rotatable bonds is 6. The molecule has 0 saturated carbocycles. The van der Waals surface area contributed by atoms with E-state index in [2.05, 4.69) is 9.88 Å². The van der Waals surface area contributed by atoms with Gasteiger partial charge in [-0.2, -0.15) is 13.2 Å². The molecular weight excluding hydrogens is 493 g/mol. The number of hydrogen-bond acceptors (Lipinski definition) is 5. The summed E-state index contributed by atoms with van der Waals surface area (Å²) in [5.41, 5.74) is 1.57. The first-order valence-corrected chi connectivity index (χ1v) is 12.0. The molecule has 2 heterocycles. The fourth-order valence-corrected chi connectivity index (χ4v) is 4.25. The normalized spacial score (nSPS) is 14.2. The summed E-state index contributed by atoms with van der Waals surface area (Å²) in [6.45, 7) is 5.99. The number of hydrogen-bond donors (Lipinski definition) is 0. The number of aromatic nitrogens is 2. The molecule has 0 radical (unpaired) electrons. The van der Waals surface area contributed by atoms with E-state index in [1.54, 1.807) is 29.2 Å². The van der Waals surface area contributed by atoms with Crippen molar-refractivity contribution in [1.82, 2.24) is 14.9 Å². The third-order valence-corrected chi connectivity index (χ3v) is 6.38. The van der Waals surface area contributed by atoms with Crippen molar-refractivity contribution in [2.24, 2.45) is 0 Å². The van der Waals surface area contributed by atoms with Crippen LogP contribution in [0.4, 0.5) is 19.0 Å². The number of halogens is 4. The Balaban J connectivity index is 1.45. The Morgan fingerprint density at radius 3 is 2.22 bits per heavy atom. The highest BCUT2D eigenvalue weighted by Crippen LogP contribution is 2.31. The highest BCUT2D eigenvalue weighted by molar-refractivity contribution is 6.30. The topological polar surface area (TPSA) is 58.6 Å². The summed E-state index contributed by atoms with van der Waals surface area (Å²) in [5, 5.41) is 0.595. The van der Waals surface area contributed by atoms with Crippen LogP contribution < -0.4 is 9.64 Å². The fraction of sp³-hybridized carbons (Fsp3) is 0.346. The van der Waals surface area contributed by atoms with Crippen LogP contribution in [0.2, 0.25) is 5.02 Å². The van der Waals surface area contributed by atoms with Gasteiger partial charge in [0.2, 0.25) is 0 Å². The second-order valence-electron chi connectivity index (χ2n) is 8.47. The standard InChI is InChI=1S/C26H26ClF3N4O2/c1-3-22-17(2)31-24(18-4-6-19(7-5-18)26(28,29)30)32-25(22)34-14-12-33(13-15-34)23(35)16-36-21-10-8-20(27)9-11-21/h4-11H,3,12-16H2,1-2H3. The first kappa shape index (κ1) is 25.8. The first-order chi connectivity index (χ1) is 17.2. The highest BCUT2D eigenvalue weighted by Gasteiger charge is 2.30. The maximum atomic E-state index is 13.0. The monoisotopic (exact) mass is 518 g/mol. The van der Waals surface area contributed by atoms with Crippen molar-refractivity contribution in [2.45, 2.75) is 26.4 Å². The Morgan fingerprint density at radius 1 is 1.00 bits per heavy atom. The van der Waals surface area contributed by atoms with Crippen LogP contribution in [-0.4, -0.2) is 53.6 Å². The van der Waals surface area contributed by atoms with Crippen molar-refractivity contribution in [3.8, 4) is 17.1 Å². The number of amides is 1. The average molecular weight is 519 g/mol. The molecule has 0 atom stereocenters. The Hall–Kier alpha value is -3.33. The van der Waals surface area contributed by atoms with Gasteiger partial charge in [0.1, 0.15) is 11.6 Å². The van der Waals surface area contributed by atoms with Gasteiger partial charge >= 0.3 is 6.18 Å². The second-order valence-corrected chi connectivity index (χ2v) is 8.91. The minimum absolute atomic E-state index is 0.0630. The lowest BCUT2D eigenvalue weighted by atomic mass is 10.1. The number of aryl methyl sites for hydroxylation is 1. The molecule has 1 fully saturated rings. The number of carbonyl (C=O) groups is 1. The van der Waals surface area contributed by atoms with Crippen molar-refractivity contribution in [1.29, 1.82) is 0 Å². The molecule has 1 aliphatic heterocycles. The molecule has 0 aliphatic carbocycles. The summed E-state index contributed by atoms with van der Waals surface area (Å²) in [7, 11) is 0. The van der Waals surface area contributed by atoms with Crippen LogP contribution >= 0.6 is 11.6 Å². The minimum Gasteiger partial charge on any atom is -0.484 e. The SMILES string of the molecule is CCc1c(C)nc(-c2ccc(C(F)(F)F)cc2)nc1N1CCN(C(=O)COc2ccc(Cl)cc2)CC1. The van der Waals surface area contributed by atoms with E-state index in [0.717, 1.165) is 29.2 Å². The number of ether oxygens (including phenoxy) is 1. The van der Waals surface area contributed by atoms with E-state index >= 15 is 0 Å². The van der Waals surface area contributed by atoms with Crippen LogP contribution in [0, 0.1) is 6.92 Å². The Bertz CT molecular complexity index is 1210. The number of piperazine rings is 1. The van der Waals surface area contributed by atoms with Crippen LogP contribution in [0.25, 0.3) is 11.4 Å². The summed E-state index contributed by atoms with van der Waals surface area (Å²) in [6.07, 6.45) is -3.69. The third kappa shape index (κ3) is 5.90. The van der Waals surface area contributed by atoms with Gasteiger partial charge in [-0.1, -0.05) is 30.7 Å². The van der Waals surface area contributed by atoms with Gasteiger partial charge in [-0.05, 0) is 49.7 Å². The van der Waals surface area contributed by atoms with E-state index in [9.17, 15) is 18.0 Å². The van der Waals surface area contributed by atoms with Crippen LogP contribution in [0.5, 0.6) is 5.75 Å². The van der Waals surface area contributed by atoms with E-state index in [4.69, 9.17) is 21.3 Å². The van der Waals surface area contributed by atoms with Gasteiger partial charge in [0, 0.05) is 48.0 Å². The van der Waals surface area contributed by atoms with E-state index in [-0.39, 0.29) is 12.5 Å². The molecule has 2 aromatic carbocycles. The van der Waals surface area contributed by atoms with Crippen LogP contribution in [-0.2, 0) is 17.4 Å². The van der Waals surface area contributed by atoms with E-state index in [1.807, 2.05) is 13.8 Å². The van der Waals surface area contributed by atoms with Crippen molar-refractivity contribution >= 4 is 23.3 Å². The maximum absolute atomic E-state index is 13.0. The summed E-state index contributed by atoms with van der Waals surface area (Å²) in [4.78, 5) is 25.8. The molecule has 1 aromatic heterocycles. The molecule has 190 valence electrons. The zero-order valence-corrected chi connectivity index (χ0v) is 20.7.